The van der Waals surface area contributed by atoms with E-state index in [0.29, 0.717) is 29.8 Å². The molecule has 1 atom stereocenters. The van der Waals surface area contributed by atoms with Crippen molar-refractivity contribution in [1.29, 1.82) is 0 Å². The Hall–Kier alpha value is -2.89. The van der Waals surface area contributed by atoms with Crippen LogP contribution in [0, 0.1) is 12.3 Å². The van der Waals surface area contributed by atoms with Crippen LogP contribution in [0.1, 0.15) is 49.3 Å². The summed E-state index contributed by atoms with van der Waals surface area (Å²) in [5.74, 6) is 2.29. The van der Waals surface area contributed by atoms with Gasteiger partial charge in [-0.05, 0) is 36.5 Å². The number of ether oxygens (including phenoxy) is 3. The second-order valence-corrected chi connectivity index (χ2v) is 8.47. The number of ketones is 1. The lowest BCUT2D eigenvalue weighted by molar-refractivity contribution is -0.118. The van der Waals surface area contributed by atoms with Crippen LogP contribution in [0.3, 0.4) is 0 Å². The number of fused-ring (bicyclic) bond motifs is 1. The van der Waals surface area contributed by atoms with Crippen LogP contribution in [0.5, 0.6) is 17.4 Å². The molecule has 0 saturated carbocycles. The van der Waals surface area contributed by atoms with Crippen molar-refractivity contribution in [2.24, 2.45) is 5.41 Å². The van der Waals surface area contributed by atoms with Crippen molar-refractivity contribution < 1.29 is 23.4 Å². The Bertz CT molecular complexity index is 1010. The van der Waals surface area contributed by atoms with Crippen LogP contribution in [-0.2, 0) is 4.79 Å². The molecule has 1 N–H and O–H groups in total. The summed E-state index contributed by atoms with van der Waals surface area (Å²) in [7, 11) is 4.81. The molecule has 2 heterocycles. The highest BCUT2D eigenvalue weighted by molar-refractivity contribution is 6.01. The first-order chi connectivity index (χ1) is 13.8. The van der Waals surface area contributed by atoms with E-state index in [1.807, 2.05) is 25.1 Å². The molecule has 154 valence electrons. The van der Waals surface area contributed by atoms with Gasteiger partial charge in [-0.25, -0.2) is 0 Å². The standard InChI is InChI=1S/C23H27NO5/c1-12-18-19(13-7-8-16(26-4)17(9-13)27-5)20-14(10-23(2,3)11-15(20)25)24-21(18)29-22(12)28-6/h7-9,19,24H,10-11H2,1-6H3/t19-/m1/s1. The maximum atomic E-state index is 13.3. The average molecular weight is 397 g/mol. The lowest BCUT2D eigenvalue weighted by Gasteiger charge is -2.38. The summed E-state index contributed by atoms with van der Waals surface area (Å²) in [5.41, 5.74) is 4.40. The first-order valence-electron chi connectivity index (χ1n) is 9.72. The average Bonchev–Trinajstić information content (AvgIpc) is 3.00. The number of nitrogens with one attached hydrogen (secondary N) is 1. The largest absolute Gasteiger partial charge is 0.493 e. The minimum atomic E-state index is -0.252. The van der Waals surface area contributed by atoms with Gasteiger partial charge in [-0.2, -0.15) is 0 Å². The Balaban J connectivity index is 1.95. The number of Topliss-reactive ketones (excluding diaryl/α,β-unsaturated/α-hetero) is 1. The number of carbonyl (C=O) groups is 1. The SMILES string of the molecule is COc1ccc([C@H]2C3=C(CC(C)(C)CC3=O)Nc3oc(OC)c(C)c32)cc1OC. The second kappa shape index (κ2) is 6.87. The van der Waals surface area contributed by atoms with Gasteiger partial charge in [0.2, 0.25) is 5.88 Å². The summed E-state index contributed by atoms with van der Waals surface area (Å²) in [4.78, 5) is 13.3. The summed E-state index contributed by atoms with van der Waals surface area (Å²) in [5, 5.41) is 3.39. The van der Waals surface area contributed by atoms with Gasteiger partial charge in [0.25, 0.3) is 5.95 Å². The van der Waals surface area contributed by atoms with E-state index in [2.05, 4.69) is 19.2 Å². The van der Waals surface area contributed by atoms with Crippen LogP contribution in [0.2, 0.25) is 0 Å². The lowest BCUT2D eigenvalue weighted by Crippen LogP contribution is -2.33. The van der Waals surface area contributed by atoms with Gasteiger partial charge in [-0.3, -0.25) is 4.79 Å². The van der Waals surface area contributed by atoms with Crippen molar-refractivity contribution in [1.82, 2.24) is 0 Å². The second-order valence-electron chi connectivity index (χ2n) is 8.47. The number of methoxy groups -OCH3 is 3. The minimum absolute atomic E-state index is 0.103. The van der Waals surface area contributed by atoms with Crippen molar-refractivity contribution >= 4 is 11.7 Å². The Morgan fingerprint density at radius 1 is 1.07 bits per heavy atom. The van der Waals surface area contributed by atoms with Crippen LogP contribution >= 0.6 is 0 Å². The van der Waals surface area contributed by atoms with Gasteiger partial charge in [0.1, 0.15) is 0 Å². The molecule has 0 unspecified atom stereocenters. The summed E-state index contributed by atoms with van der Waals surface area (Å²) >= 11 is 0. The third-order valence-corrected chi connectivity index (χ3v) is 5.84. The van der Waals surface area contributed by atoms with E-state index < -0.39 is 0 Å². The van der Waals surface area contributed by atoms with E-state index in [9.17, 15) is 4.79 Å². The summed E-state index contributed by atoms with van der Waals surface area (Å²) in [6.45, 7) is 6.19. The molecule has 29 heavy (non-hydrogen) atoms. The predicted molar refractivity (Wildman–Crippen MR) is 110 cm³/mol. The third kappa shape index (κ3) is 3.07. The van der Waals surface area contributed by atoms with Gasteiger partial charge in [0, 0.05) is 34.7 Å². The summed E-state index contributed by atoms with van der Waals surface area (Å²) in [6.07, 6.45) is 1.29. The fraction of sp³-hybridized carbons (Fsp3) is 0.435. The molecule has 6 nitrogen and oxygen atoms in total. The van der Waals surface area contributed by atoms with Crippen LogP contribution in [0.4, 0.5) is 5.88 Å². The Labute approximate surface area is 170 Å². The molecular formula is C23H27NO5. The van der Waals surface area contributed by atoms with Gasteiger partial charge < -0.3 is 23.9 Å². The number of allylic oxidation sites excluding steroid dienone is 2. The highest BCUT2D eigenvalue weighted by Gasteiger charge is 2.43. The number of anilines is 1. The highest BCUT2D eigenvalue weighted by Crippen LogP contribution is 2.53. The van der Waals surface area contributed by atoms with Gasteiger partial charge in [-0.1, -0.05) is 19.9 Å². The molecule has 6 heteroatoms. The molecule has 2 aromatic rings. The molecule has 0 fully saturated rings. The van der Waals surface area contributed by atoms with E-state index in [-0.39, 0.29) is 17.1 Å². The first kappa shape index (κ1) is 19.4. The number of benzene rings is 1. The number of carbonyl (C=O) groups excluding carboxylic acids is 1. The molecule has 2 aliphatic rings. The van der Waals surface area contributed by atoms with Crippen molar-refractivity contribution in [3.05, 3.63) is 46.2 Å². The van der Waals surface area contributed by atoms with Crippen molar-refractivity contribution in [3.63, 3.8) is 0 Å². The molecule has 4 rings (SSSR count). The zero-order chi connectivity index (χ0) is 20.9. The molecule has 1 aliphatic carbocycles. The fourth-order valence-electron chi connectivity index (χ4n) is 4.57. The lowest BCUT2D eigenvalue weighted by atomic mass is 9.69. The van der Waals surface area contributed by atoms with Crippen LogP contribution in [0.25, 0.3) is 0 Å². The molecule has 0 amide bonds. The zero-order valence-corrected chi connectivity index (χ0v) is 17.8. The maximum absolute atomic E-state index is 13.3. The van der Waals surface area contributed by atoms with E-state index in [4.69, 9.17) is 18.6 Å². The van der Waals surface area contributed by atoms with Gasteiger partial charge in [0.15, 0.2) is 17.3 Å². The Kier molecular flexibility index (Phi) is 4.60. The third-order valence-electron chi connectivity index (χ3n) is 5.84. The van der Waals surface area contributed by atoms with Crippen LogP contribution in [0.15, 0.2) is 33.9 Å². The number of hydrogen-bond donors (Lipinski definition) is 1. The zero-order valence-electron chi connectivity index (χ0n) is 17.8. The van der Waals surface area contributed by atoms with Crippen molar-refractivity contribution in [2.45, 2.75) is 39.5 Å². The summed E-state index contributed by atoms with van der Waals surface area (Å²) in [6, 6.07) is 5.80. The molecule has 1 aromatic heterocycles. The minimum Gasteiger partial charge on any atom is -0.493 e. The summed E-state index contributed by atoms with van der Waals surface area (Å²) < 4.78 is 22.3. The molecule has 0 radical (unpaired) electrons. The Morgan fingerprint density at radius 3 is 2.45 bits per heavy atom. The molecule has 0 saturated heterocycles. The molecule has 1 aromatic carbocycles. The maximum Gasteiger partial charge on any atom is 0.289 e. The topological polar surface area (TPSA) is 69.9 Å². The van der Waals surface area contributed by atoms with Gasteiger partial charge >= 0.3 is 0 Å². The number of hydrogen-bond acceptors (Lipinski definition) is 6. The molecule has 0 bridgehead atoms. The fourth-order valence-corrected chi connectivity index (χ4v) is 4.57. The Morgan fingerprint density at radius 2 is 1.79 bits per heavy atom. The van der Waals surface area contributed by atoms with E-state index in [1.165, 1.54) is 0 Å². The monoisotopic (exact) mass is 397 g/mol. The van der Waals surface area contributed by atoms with E-state index in [0.717, 1.165) is 34.4 Å². The van der Waals surface area contributed by atoms with Crippen molar-refractivity contribution in [3.8, 4) is 17.4 Å². The van der Waals surface area contributed by atoms with Crippen LogP contribution < -0.4 is 19.5 Å². The van der Waals surface area contributed by atoms with E-state index >= 15 is 0 Å². The highest BCUT2D eigenvalue weighted by atomic mass is 16.6. The van der Waals surface area contributed by atoms with Gasteiger partial charge in [-0.15, -0.1) is 0 Å². The van der Waals surface area contributed by atoms with E-state index in [1.54, 1.807) is 21.3 Å². The van der Waals surface area contributed by atoms with Gasteiger partial charge in [0.05, 0.1) is 21.3 Å². The molecule has 1 aliphatic heterocycles. The number of furan rings is 1. The van der Waals surface area contributed by atoms with Crippen LogP contribution in [-0.4, -0.2) is 27.1 Å². The first-order valence-corrected chi connectivity index (χ1v) is 9.72. The van der Waals surface area contributed by atoms with Crippen molar-refractivity contribution in [2.75, 3.05) is 26.6 Å². The number of rotatable bonds is 4. The predicted octanol–water partition coefficient (Wildman–Crippen LogP) is 4.81. The smallest absolute Gasteiger partial charge is 0.289 e. The normalized spacial score (nSPS) is 19.9. The molecular weight excluding hydrogens is 370 g/mol. The quantitative estimate of drug-likeness (QED) is 0.798. The molecule has 0 spiro atoms.